The monoisotopic (exact) mass is 232 g/mol. The number of ether oxygens (including phenoxy) is 1. The predicted molar refractivity (Wildman–Crippen MR) is 65.3 cm³/mol. The van der Waals surface area contributed by atoms with Crippen LogP contribution in [0.2, 0.25) is 0 Å². The molecular formula is C13H16N2O2. The molecule has 1 aliphatic heterocycles. The molecule has 3 rings (SSSR count). The van der Waals surface area contributed by atoms with Gasteiger partial charge in [0.15, 0.2) is 5.58 Å². The topological polar surface area (TPSA) is 47.3 Å². The van der Waals surface area contributed by atoms with Gasteiger partial charge in [-0.25, -0.2) is 0 Å². The van der Waals surface area contributed by atoms with Crippen LogP contribution in [0.4, 0.5) is 0 Å². The van der Waals surface area contributed by atoms with E-state index in [0.29, 0.717) is 0 Å². The second-order valence-corrected chi connectivity index (χ2v) is 4.48. The Hall–Kier alpha value is -1.55. The van der Waals surface area contributed by atoms with E-state index in [1.54, 1.807) is 0 Å². The van der Waals surface area contributed by atoms with Gasteiger partial charge in [0, 0.05) is 6.54 Å². The number of aryl methyl sites for hydroxylation is 1. The summed E-state index contributed by atoms with van der Waals surface area (Å²) in [5, 5.41) is 8.32. The van der Waals surface area contributed by atoms with E-state index in [1.165, 1.54) is 6.42 Å². The first-order chi connectivity index (χ1) is 8.34. The Balaban J connectivity index is 1.91. The number of aromatic nitrogens is 1. The molecule has 1 saturated heterocycles. The first-order valence-corrected chi connectivity index (χ1v) is 6.07. The summed E-state index contributed by atoms with van der Waals surface area (Å²) < 4.78 is 11.3. The normalized spacial score (nSPS) is 20.6. The molecule has 0 radical (unpaired) electrons. The summed E-state index contributed by atoms with van der Waals surface area (Å²) in [4.78, 5) is 0. The highest BCUT2D eigenvalue weighted by molar-refractivity contribution is 5.85. The summed E-state index contributed by atoms with van der Waals surface area (Å²) in [5.74, 6) is 0.884. The van der Waals surface area contributed by atoms with E-state index in [-0.39, 0.29) is 6.10 Å². The third-order valence-electron chi connectivity index (χ3n) is 3.18. The minimum atomic E-state index is 0.253. The predicted octanol–water partition coefficient (Wildman–Crippen LogP) is 2.27. The number of nitrogens with zero attached hydrogens (tertiary/aromatic N) is 1. The van der Waals surface area contributed by atoms with Crippen LogP contribution in [0.25, 0.3) is 11.0 Å². The second kappa shape index (κ2) is 4.37. The number of piperidine rings is 1. The maximum atomic E-state index is 6.05. The fourth-order valence-corrected chi connectivity index (χ4v) is 2.31. The molecule has 1 aliphatic rings. The number of nitrogens with one attached hydrogen (secondary N) is 1. The minimum absolute atomic E-state index is 0.253. The Morgan fingerprint density at radius 1 is 1.47 bits per heavy atom. The van der Waals surface area contributed by atoms with Crippen LogP contribution in [0, 0.1) is 6.92 Å². The molecule has 2 aromatic rings. The lowest BCUT2D eigenvalue weighted by Crippen LogP contribution is -2.37. The maximum absolute atomic E-state index is 6.05. The molecule has 0 amide bonds. The zero-order chi connectivity index (χ0) is 11.7. The quantitative estimate of drug-likeness (QED) is 0.862. The van der Waals surface area contributed by atoms with Crippen molar-refractivity contribution in [2.45, 2.75) is 25.9 Å². The number of benzene rings is 1. The van der Waals surface area contributed by atoms with E-state index in [9.17, 15) is 0 Å². The Morgan fingerprint density at radius 3 is 3.24 bits per heavy atom. The molecule has 4 heteroatoms. The molecule has 90 valence electrons. The van der Waals surface area contributed by atoms with E-state index in [1.807, 2.05) is 25.1 Å². The largest absolute Gasteiger partial charge is 0.488 e. The van der Waals surface area contributed by atoms with Crippen molar-refractivity contribution in [3.05, 3.63) is 23.9 Å². The summed E-state index contributed by atoms with van der Waals surface area (Å²) in [6.45, 7) is 3.95. The van der Waals surface area contributed by atoms with Crippen molar-refractivity contribution in [3.8, 4) is 5.75 Å². The van der Waals surface area contributed by atoms with Crippen molar-refractivity contribution >= 4 is 11.0 Å². The lowest BCUT2D eigenvalue weighted by Gasteiger charge is -2.24. The molecule has 1 aromatic carbocycles. The molecule has 1 fully saturated rings. The molecule has 0 saturated carbocycles. The Labute approximate surface area is 99.9 Å². The van der Waals surface area contributed by atoms with Gasteiger partial charge in [-0.3, -0.25) is 0 Å². The number of rotatable bonds is 2. The molecule has 0 aliphatic carbocycles. The zero-order valence-corrected chi connectivity index (χ0v) is 9.90. The van der Waals surface area contributed by atoms with Gasteiger partial charge in [-0.15, -0.1) is 0 Å². The van der Waals surface area contributed by atoms with Crippen LogP contribution < -0.4 is 10.1 Å². The highest BCUT2D eigenvalue weighted by Gasteiger charge is 2.17. The SMILES string of the molecule is Cc1noc2cccc(OC3CCCNC3)c12. The molecule has 2 heterocycles. The van der Waals surface area contributed by atoms with Crippen LogP contribution in [-0.4, -0.2) is 24.4 Å². The number of hydrogen-bond acceptors (Lipinski definition) is 4. The Kier molecular flexibility index (Phi) is 2.73. The average molecular weight is 232 g/mol. The minimum Gasteiger partial charge on any atom is -0.488 e. The third-order valence-corrected chi connectivity index (χ3v) is 3.18. The summed E-state index contributed by atoms with van der Waals surface area (Å²) in [5.41, 5.74) is 1.68. The van der Waals surface area contributed by atoms with E-state index in [4.69, 9.17) is 9.26 Å². The van der Waals surface area contributed by atoms with Gasteiger partial charge >= 0.3 is 0 Å². The first-order valence-electron chi connectivity index (χ1n) is 6.07. The number of hydrogen-bond donors (Lipinski definition) is 1. The zero-order valence-electron chi connectivity index (χ0n) is 9.90. The highest BCUT2D eigenvalue weighted by Crippen LogP contribution is 2.29. The molecular weight excluding hydrogens is 216 g/mol. The van der Waals surface area contributed by atoms with Gasteiger partial charge in [-0.05, 0) is 38.4 Å². The van der Waals surface area contributed by atoms with E-state index in [2.05, 4.69) is 10.5 Å². The van der Waals surface area contributed by atoms with Gasteiger partial charge in [-0.1, -0.05) is 11.2 Å². The fourth-order valence-electron chi connectivity index (χ4n) is 2.31. The van der Waals surface area contributed by atoms with Gasteiger partial charge in [-0.2, -0.15) is 0 Å². The smallest absolute Gasteiger partial charge is 0.170 e. The van der Waals surface area contributed by atoms with Gasteiger partial charge in [0.1, 0.15) is 11.9 Å². The molecule has 1 N–H and O–H groups in total. The summed E-state index contributed by atoms with van der Waals surface area (Å²) in [6, 6.07) is 5.85. The van der Waals surface area contributed by atoms with E-state index < -0.39 is 0 Å². The molecule has 4 nitrogen and oxygen atoms in total. The van der Waals surface area contributed by atoms with Gasteiger partial charge in [0.25, 0.3) is 0 Å². The van der Waals surface area contributed by atoms with Crippen LogP contribution in [0.1, 0.15) is 18.5 Å². The van der Waals surface area contributed by atoms with E-state index >= 15 is 0 Å². The van der Waals surface area contributed by atoms with Crippen molar-refractivity contribution in [1.82, 2.24) is 10.5 Å². The van der Waals surface area contributed by atoms with Crippen molar-refractivity contribution in [2.24, 2.45) is 0 Å². The van der Waals surface area contributed by atoms with Gasteiger partial charge in [0.2, 0.25) is 0 Å². The standard InChI is InChI=1S/C13H16N2O2/c1-9-13-11(5-2-6-12(13)17-15-9)16-10-4-3-7-14-8-10/h2,5-6,10,14H,3-4,7-8H2,1H3. The maximum Gasteiger partial charge on any atom is 0.170 e. The summed E-state index contributed by atoms with van der Waals surface area (Å²) in [7, 11) is 0. The second-order valence-electron chi connectivity index (χ2n) is 4.48. The highest BCUT2D eigenvalue weighted by atomic mass is 16.5. The fraction of sp³-hybridized carbons (Fsp3) is 0.462. The van der Waals surface area contributed by atoms with Crippen LogP contribution in [0.5, 0.6) is 5.75 Å². The molecule has 1 aromatic heterocycles. The molecule has 0 spiro atoms. The molecule has 17 heavy (non-hydrogen) atoms. The van der Waals surface area contributed by atoms with Crippen LogP contribution in [0.3, 0.4) is 0 Å². The number of fused-ring (bicyclic) bond motifs is 1. The van der Waals surface area contributed by atoms with Gasteiger partial charge in [0.05, 0.1) is 11.1 Å². The summed E-state index contributed by atoms with van der Waals surface area (Å²) in [6.07, 6.45) is 2.53. The van der Waals surface area contributed by atoms with Crippen molar-refractivity contribution in [1.29, 1.82) is 0 Å². The Bertz CT molecular complexity index is 515. The lowest BCUT2D eigenvalue weighted by molar-refractivity contribution is 0.169. The molecule has 0 bridgehead atoms. The van der Waals surface area contributed by atoms with E-state index in [0.717, 1.165) is 41.9 Å². The van der Waals surface area contributed by atoms with Crippen LogP contribution in [0.15, 0.2) is 22.7 Å². The lowest BCUT2D eigenvalue weighted by atomic mass is 10.1. The summed E-state index contributed by atoms with van der Waals surface area (Å²) >= 11 is 0. The third kappa shape index (κ3) is 2.00. The van der Waals surface area contributed by atoms with Crippen LogP contribution in [-0.2, 0) is 0 Å². The van der Waals surface area contributed by atoms with Crippen LogP contribution >= 0.6 is 0 Å². The molecule has 1 unspecified atom stereocenters. The first kappa shape index (κ1) is 10.6. The Morgan fingerprint density at radius 2 is 2.41 bits per heavy atom. The van der Waals surface area contributed by atoms with Crippen molar-refractivity contribution < 1.29 is 9.26 Å². The van der Waals surface area contributed by atoms with Crippen molar-refractivity contribution in [2.75, 3.05) is 13.1 Å². The van der Waals surface area contributed by atoms with Gasteiger partial charge < -0.3 is 14.6 Å². The molecule has 1 atom stereocenters. The van der Waals surface area contributed by atoms with Crippen molar-refractivity contribution in [3.63, 3.8) is 0 Å². The average Bonchev–Trinajstić information content (AvgIpc) is 2.74.